The van der Waals surface area contributed by atoms with E-state index in [4.69, 9.17) is 4.74 Å². The van der Waals surface area contributed by atoms with Crippen LogP contribution < -0.4 is 4.72 Å². The first-order valence-electron chi connectivity index (χ1n) is 7.30. The third-order valence-corrected chi connectivity index (χ3v) is 6.10. The summed E-state index contributed by atoms with van der Waals surface area (Å²) >= 11 is 0. The van der Waals surface area contributed by atoms with Gasteiger partial charge in [0.25, 0.3) is 0 Å². The molecule has 0 atom stereocenters. The smallest absolute Gasteiger partial charge is 0.219 e. The minimum absolute atomic E-state index is 0.323. The maximum absolute atomic E-state index is 12.1. The van der Waals surface area contributed by atoms with Gasteiger partial charge in [-0.2, -0.15) is 0 Å². The lowest BCUT2D eigenvalue weighted by Crippen LogP contribution is -2.54. The van der Waals surface area contributed by atoms with E-state index in [1.807, 2.05) is 13.8 Å². The lowest BCUT2D eigenvalue weighted by Gasteiger charge is -2.36. The Balaban J connectivity index is 1.78. The van der Waals surface area contributed by atoms with E-state index in [0.29, 0.717) is 13.2 Å². The Morgan fingerprint density at radius 3 is 2.30 bits per heavy atom. The molecule has 118 valence electrons. The van der Waals surface area contributed by atoms with Crippen LogP contribution in [0, 0.1) is 0 Å². The van der Waals surface area contributed by atoms with Crippen LogP contribution in [0.1, 0.15) is 20.3 Å². The van der Waals surface area contributed by atoms with Gasteiger partial charge in [0.1, 0.15) is 5.25 Å². The molecule has 6 nitrogen and oxygen atoms in total. The molecule has 2 aliphatic rings. The number of nitrogens with zero attached hydrogens (tertiary/aromatic N) is 2. The van der Waals surface area contributed by atoms with Crippen molar-refractivity contribution >= 4 is 10.0 Å². The van der Waals surface area contributed by atoms with Crippen molar-refractivity contribution in [3.05, 3.63) is 0 Å². The normalized spacial score (nSPS) is 23.8. The second-order valence-electron chi connectivity index (χ2n) is 6.59. The molecule has 20 heavy (non-hydrogen) atoms. The van der Waals surface area contributed by atoms with Gasteiger partial charge in [-0.25, -0.2) is 13.1 Å². The highest BCUT2D eigenvalue weighted by atomic mass is 32.2. The Labute approximate surface area is 122 Å². The van der Waals surface area contributed by atoms with Gasteiger partial charge >= 0.3 is 0 Å². The van der Waals surface area contributed by atoms with Gasteiger partial charge in [-0.05, 0) is 27.3 Å². The highest BCUT2D eigenvalue weighted by Crippen LogP contribution is 2.17. The molecular weight excluding hydrogens is 278 g/mol. The molecule has 7 heteroatoms. The van der Waals surface area contributed by atoms with Gasteiger partial charge < -0.3 is 14.5 Å². The number of sulfonamides is 1. The van der Waals surface area contributed by atoms with Crippen LogP contribution in [0.2, 0.25) is 0 Å². The van der Waals surface area contributed by atoms with Crippen LogP contribution in [-0.2, 0) is 14.8 Å². The van der Waals surface area contributed by atoms with Crippen molar-refractivity contribution in [2.24, 2.45) is 0 Å². The molecule has 0 spiro atoms. The minimum atomic E-state index is -3.24. The standard InChI is InChI=1S/C13H27N3O3S/c1-13(2,14-20(17,18)12-10-19-11-12)4-5-16-8-6-15(3)7-9-16/h12,14H,4-11H2,1-3H3. The summed E-state index contributed by atoms with van der Waals surface area (Å²) in [5.74, 6) is 0. The summed E-state index contributed by atoms with van der Waals surface area (Å²) in [5.41, 5.74) is -0.405. The van der Waals surface area contributed by atoms with Crippen LogP contribution in [0.5, 0.6) is 0 Å². The summed E-state index contributed by atoms with van der Waals surface area (Å²) in [6.07, 6.45) is 0.823. The molecule has 0 bridgehead atoms. The number of hydrogen-bond donors (Lipinski definition) is 1. The number of rotatable bonds is 6. The molecule has 0 aromatic heterocycles. The predicted octanol–water partition coefficient (Wildman–Crippen LogP) is -0.279. The van der Waals surface area contributed by atoms with Gasteiger partial charge in [0, 0.05) is 38.3 Å². The summed E-state index contributed by atoms with van der Waals surface area (Å²) < 4.78 is 32.0. The first kappa shape index (κ1) is 16.2. The van der Waals surface area contributed by atoms with Gasteiger partial charge in [-0.1, -0.05) is 0 Å². The summed E-state index contributed by atoms with van der Waals surface area (Å²) in [4.78, 5) is 4.73. The number of ether oxygens (including phenoxy) is 1. The van der Waals surface area contributed by atoms with Gasteiger partial charge in [-0.3, -0.25) is 0 Å². The molecule has 0 saturated carbocycles. The van der Waals surface area contributed by atoms with E-state index in [2.05, 4.69) is 21.6 Å². The first-order valence-corrected chi connectivity index (χ1v) is 8.85. The lowest BCUT2D eigenvalue weighted by atomic mass is 10.0. The molecule has 0 unspecified atom stereocenters. The van der Waals surface area contributed by atoms with E-state index in [1.165, 1.54) is 0 Å². The van der Waals surface area contributed by atoms with Gasteiger partial charge in [0.2, 0.25) is 10.0 Å². The van der Waals surface area contributed by atoms with E-state index >= 15 is 0 Å². The molecule has 0 amide bonds. The van der Waals surface area contributed by atoms with E-state index in [-0.39, 0.29) is 5.25 Å². The zero-order valence-electron chi connectivity index (χ0n) is 12.8. The Bertz CT molecular complexity index is 413. The van der Waals surface area contributed by atoms with Gasteiger partial charge in [-0.15, -0.1) is 0 Å². The van der Waals surface area contributed by atoms with E-state index < -0.39 is 15.6 Å². The van der Waals surface area contributed by atoms with Crippen LogP contribution in [-0.4, -0.2) is 82.0 Å². The Hall–Kier alpha value is -0.210. The van der Waals surface area contributed by atoms with Crippen LogP contribution in [0.3, 0.4) is 0 Å². The van der Waals surface area contributed by atoms with Crippen molar-refractivity contribution in [2.75, 3.05) is 53.0 Å². The largest absolute Gasteiger partial charge is 0.378 e. The lowest BCUT2D eigenvalue weighted by molar-refractivity contribution is 0.0406. The topological polar surface area (TPSA) is 61.9 Å². The summed E-state index contributed by atoms with van der Waals surface area (Å²) in [5, 5.41) is -0.370. The Kier molecular flexibility index (Phi) is 5.07. The Morgan fingerprint density at radius 2 is 1.80 bits per heavy atom. The predicted molar refractivity (Wildman–Crippen MR) is 79.3 cm³/mol. The summed E-state index contributed by atoms with van der Waals surface area (Å²) in [7, 11) is -1.11. The average Bonchev–Trinajstić information content (AvgIpc) is 2.23. The molecule has 2 rings (SSSR count). The second kappa shape index (κ2) is 6.27. The van der Waals surface area contributed by atoms with Gasteiger partial charge in [0.05, 0.1) is 13.2 Å². The van der Waals surface area contributed by atoms with Crippen molar-refractivity contribution in [1.82, 2.24) is 14.5 Å². The quantitative estimate of drug-likeness (QED) is 0.731. The van der Waals surface area contributed by atoms with Gasteiger partial charge in [0.15, 0.2) is 0 Å². The monoisotopic (exact) mass is 305 g/mol. The SMILES string of the molecule is CN1CCN(CCC(C)(C)NS(=O)(=O)C2COC2)CC1. The summed E-state index contributed by atoms with van der Waals surface area (Å²) in [6.45, 7) is 9.81. The molecule has 0 aliphatic carbocycles. The number of hydrogen-bond acceptors (Lipinski definition) is 5. The zero-order valence-corrected chi connectivity index (χ0v) is 13.6. The number of likely N-dealkylation sites (N-methyl/N-ethyl adjacent to an activating group) is 1. The highest BCUT2D eigenvalue weighted by molar-refractivity contribution is 7.90. The number of nitrogens with one attached hydrogen (secondary N) is 1. The molecule has 0 radical (unpaired) electrons. The fraction of sp³-hybridized carbons (Fsp3) is 1.00. The van der Waals surface area contributed by atoms with E-state index in [1.54, 1.807) is 0 Å². The van der Waals surface area contributed by atoms with Crippen molar-refractivity contribution < 1.29 is 13.2 Å². The fourth-order valence-electron chi connectivity index (χ4n) is 2.42. The van der Waals surface area contributed by atoms with Crippen molar-refractivity contribution in [3.63, 3.8) is 0 Å². The van der Waals surface area contributed by atoms with Crippen molar-refractivity contribution in [1.29, 1.82) is 0 Å². The average molecular weight is 305 g/mol. The zero-order chi connectivity index (χ0) is 14.8. The molecule has 2 aliphatic heterocycles. The summed E-state index contributed by atoms with van der Waals surface area (Å²) in [6, 6.07) is 0. The molecule has 2 heterocycles. The third kappa shape index (κ3) is 4.39. The molecule has 2 fully saturated rings. The fourth-order valence-corrected chi connectivity index (χ4v) is 4.01. The number of piperazine rings is 1. The third-order valence-electron chi connectivity index (χ3n) is 4.11. The first-order chi connectivity index (χ1) is 9.28. The minimum Gasteiger partial charge on any atom is -0.378 e. The maximum atomic E-state index is 12.1. The molecule has 1 N–H and O–H groups in total. The van der Waals surface area contributed by atoms with Crippen LogP contribution in [0.25, 0.3) is 0 Å². The molecular formula is C13H27N3O3S. The highest BCUT2D eigenvalue weighted by Gasteiger charge is 2.36. The second-order valence-corrected chi connectivity index (χ2v) is 8.55. The van der Waals surface area contributed by atoms with Crippen LogP contribution >= 0.6 is 0 Å². The molecule has 0 aromatic rings. The van der Waals surface area contributed by atoms with Crippen molar-refractivity contribution in [2.45, 2.75) is 31.1 Å². The van der Waals surface area contributed by atoms with E-state index in [9.17, 15) is 8.42 Å². The van der Waals surface area contributed by atoms with Crippen LogP contribution in [0.4, 0.5) is 0 Å². The van der Waals surface area contributed by atoms with Crippen molar-refractivity contribution in [3.8, 4) is 0 Å². The van der Waals surface area contributed by atoms with Crippen LogP contribution in [0.15, 0.2) is 0 Å². The maximum Gasteiger partial charge on any atom is 0.219 e. The molecule has 0 aromatic carbocycles. The molecule has 2 saturated heterocycles. The van der Waals surface area contributed by atoms with E-state index in [0.717, 1.165) is 39.1 Å². The Morgan fingerprint density at radius 1 is 1.20 bits per heavy atom.